The third-order valence-electron chi connectivity index (χ3n) is 1.17. The molecule has 0 fully saturated rings. The second-order valence-electron chi connectivity index (χ2n) is 6.02. The monoisotopic (exact) mass is 611 g/mol. The number of hydrogen-bond donors (Lipinski definition) is 2. The topological polar surface area (TPSA) is 80.6 Å². The van der Waals surface area contributed by atoms with Crippen LogP contribution < -0.4 is 56.5 Å². The van der Waals surface area contributed by atoms with Crippen LogP contribution in [-0.4, -0.2) is 29.1 Å². The fraction of sp³-hybridized carbons (Fsp3) is 0.853. The first-order chi connectivity index (χ1) is 18.3. The normalized spacial score (nSPS) is 6.50. The van der Waals surface area contributed by atoms with Crippen LogP contribution in [0.25, 0.3) is 0 Å². The van der Waals surface area contributed by atoms with Gasteiger partial charge in [0.25, 0.3) is 0 Å². The molecule has 4 nitrogen and oxygen atoms in total. The molecule has 0 aromatic rings. The summed E-state index contributed by atoms with van der Waals surface area (Å²) < 4.78 is 0. The van der Waals surface area contributed by atoms with Gasteiger partial charge in [-0.25, -0.2) is 0 Å². The van der Waals surface area contributed by atoms with E-state index in [0.717, 1.165) is 6.29 Å². The molecule has 0 atom stereocenters. The Morgan fingerprint density at radius 1 is 0.575 bits per heavy atom. The van der Waals surface area contributed by atoms with Crippen molar-refractivity contribution in [1.82, 2.24) is 0 Å². The number of hydrogen-bond acceptors (Lipinski definition) is 4. The number of rotatable bonds is 1. The zero-order valence-electron chi connectivity index (χ0n) is 33.8. The summed E-state index contributed by atoms with van der Waals surface area (Å²) >= 11 is 0. The van der Waals surface area contributed by atoms with Gasteiger partial charge in [0.2, 0.25) is 0 Å². The predicted octanol–water partition coefficient (Wildman–Crippen LogP) is 8.99. The Morgan fingerprint density at radius 2 is 0.625 bits per heavy atom. The third kappa shape index (κ3) is 3960. The maximum absolute atomic E-state index is 10.1. The molecule has 6 heteroatoms. The molecule has 0 heterocycles. The average molecular weight is 611 g/mol. The van der Waals surface area contributed by atoms with Gasteiger partial charge in [-0.1, -0.05) is 175 Å². The number of carbonyl (C=O) groups excluding carboxylic acids is 1. The quantitative estimate of drug-likeness (QED) is 0.176. The summed E-state index contributed by atoms with van der Waals surface area (Å²) in [7, 11) is -1.17. The minimum absolute atomic E-state index is 0. The molecule has 0 aromatic heterocycles. The Balaban J connectivity index is -0.0000000155. The summed E-state index contributed by atoms with van der Waals surface area (Å²) in [4.78, 5) is 8.81. The van der Waals surface area contributed by atoms with E-state index >= 15 is 0 Å². The van der Waals surface area contributed by atoms with E-state index in [1.54, 1.807) is 20.8 Å². The molecule has 2 N–H and O–H groups in total. The largest absolute Gasteiger partial charge is 1.00 e. The van der Waals surface area contributed by atoms with Crippen molar-refractivity contribution in [1.29, 1.82) is 0 Å². The van der Waals surface area contributed by atoms with Crippen molar-refractivity contribution < 1.29 is 71.3 Å². The van der Waals surface area contributed by atoms with Gasteiger partial charge in [0.1, 0.15) is 6.29 Å². The van der Waals surface area contributed by atoms with E-state index in [1.165, 1.54) is 33.0 Å². The molecular weight excluding hydrogens is 522 g/mol. The summed E-state index contributed by atoms with van der Waals surface area (Å²) in [5.74, 6) is 0. The van der Waals surface area contributed by atoms with Crippen molar-refractivity contribution in [2.75, 3.05) is 0 Å². The van der Waals surface area contributed by atoms with Gasteiger partial charge in [0.15, 0.2) is 0 Å². The van der Waals surface area contributed by atoms with E-state index < -0.39 is 12.7 Å². The standard InChI is InChI=1S/C4H9O.C4H10.2C4H8.C3H8.C2H4O.6C2H6.CH5BO2.K/c1-4(2,3)5;3*1-3-4-2;1-3-2;1-2-3;6*1-2;1-2(3)4;/h1-3H3;3-4H2,1-2H3;2*3-4H,1-2H3;3H2,1-2H3;2H,1H3;6*1-2H3;3-4H,1H3;/q-1;;;;;;;;;;;;;+1. The number of carbonyl (C=O) groups is 1. The molecule has 0 aliphatic rings. The van der Waals surface area contributed by atoms with E-state index in [1.807, 2.05) is 135 Å². The van der Waals surface area contributed by atoms with Gasteiger partial charge < -0.3 is 19.9 Å². The maximum atomic E-state index is 10.1. The van der Waals surface area contributed by atoms with Crippen LogP contribution in [0.15, 0.2) is 24.3 Å². The Kier molecular flexibility index (Phi) is 426. The minimum Gasteiger partial charge on any atom is -0.850 e. The van der Waals surface area contributed by atoms with Crippen LogP contribution in [0, 0.1) is 0 Å². The van der Waals surface area contributed by atoms with E-state index in [0.29, 0.717) is 0 Å². The van der Waals surface area contributed by atoms with Gasteiger partial charge >= 0.3 is 58.5 Å². The Bertz CT molecular complexity index is 214. The molecule has 0 saturated heterocycles. The van der Waals surface area contributed by atoms with E-state index in [-0.39, 0.29) is 51.4 Å². The van der Waals surface area contributed by atoms with Crippen molar-refractivity contribution in [2.45, 2.75) is 198 Å². The van der Waals surface area contributed by atoms with Crippen molar-refractivity contribution in [3.05, 3.63) is 24.3 Å². The van der Waals surface area contributed by atoms with Gasteiger partial charge in [-0.2, -0.15) is 0 Å². The Labute approximate surface area is 304 Å². The average Bonchev–Trinajstić information content (AvgIpc) is 2.95. The molecule has 0 aromatic carbocycles. The number of aldehydes is 1. The number of allylic oxidation sites excluding steroid dienone is 4. The predicted molar refractivity (Wildman–Crippen MR) is 193 cm³/mol. The molecule has 40 heavy (non-hydrogen) atoms. The molecule has 0 unspecified atom stereocenters. The molecule has 252 valence electrons. The van der Waals surface area contributed by atoms with Crippen LogP contribution in [0.4, 0.5) is 0 Å². The van der Waals surface area contributed by atoms with Crippen LogP contribution in [0.5, 0.6) is 0 Å². The van der Waals surface area contributed by atoms with E-state index in [9.17, 15) is 5.11 Å². The maximum Gasteiger partial charge on any atom is 1.00 e. The molecule has 0 amide bonds. The molecule has 0 saturated carbocycles. The fourth-order valence-electron chi connectivity index (χ4n) is 0. The van der Waals surface area contributed by atoms with Gasteiger partial charge in [-0.3, -0.25) is 0 Å². The van der Waals surface area contributed by atoms with Gasteiger partial charge in [0.05, 0.1) is 0 Å². The first-order valence-corrected chi connectivity index (χ1v) is 15.9. The first-order valence-electron chi connectivity index (χ1n) is 15.9. The van der Waals surface area contributed by atoms with Crippen LogP contribution >= 0.6 is 0 Å². The Hall–Kier alpha value is 0.731. The smallest absolute Gasteiger partial charge is 0.850 e. The first kappa shape index (κ1) is 90.0. The summed E-state index contributed by atoms with van der Waals surface area (Å²) in [6.07, 6.45) is 12.6. The molecule has 0 radical (unpaired) electrons. The van der Waals surface area contributed by atoms with E-state index in [2.05, 4.69) is 27.7 Å². The van der Waals surface area contributed by atoms with Crippen LogP contribution in [0.1, 0.15) is 185 Å². The second-order valence-corrected chi connectivity index (χ2v) is 6.02. The third-order valence-corrected chi connectivity index (χ3v) is 1.17. The van der Waals surface area contributed by atoms with Crippen molar-refractivity contribution in [3.8, 4) is 0 Å². The SMILES string of the molecule is CB(O)O.CC.CC.CC.CC.CC.CC.CC(C)(C)[O-].CC=CC.CC=CC.CC=O.CCC.CCCC.[K+]. The van der Waals surface area contributed by atoms with Gasteiger partial charge in [0, 0.05) is 0 Å². The van der Waals surface area contributed by atoms with Crippen molar-refractivity contribution in [2.24, 2.45) is 0 Å². The summed E-state index contributed by atoms with van der Waals surface area (Å²) in [5.41, 5.74) is -0.750. The van der Waals surface area contributed by atoms with Gasteiger partial charge in [-0.15, -0.1) is 5.60 Å². The van der Waals surface area contributed by atoms with Gasteiger partial charge in [-0.05, 0) is 41.4 Å². The summed E-state index contributed by atoms with van der Waals surface area (Å²) in [5, 5.41) is 25.3. The molecule has 0 rings (SSSR count). The molecule has 0 aliphatic carbocycles. The van der Waals surface area contributed by atoms with E-state index in [4.69, 9.17) is 14.8 Å². The summed E-state index contributed by atoms with van der Waals surface area (Å²) in [6, 6.07) is 0. The molecular formula is C34H88BKO4. The fourth-order valence-corrected chi connectivity index (χ4v) is 0. The molecule has 0 aliphatic heterocycles. The van der Waals surface area contributed by atoms with Crippen LogP contribution in [0.3, 0.4) is 0 Å². The summed E-state index contributed by atoms with van der Waals surface area (Å²) in [6.45, 7) is 48.2. The Morgan fingerprint density at radius 3 is 0.625 bits per heavy atom. The van der Waals surface area contributed by atoms with Crippen LogP contribution in [-0.2, 0) is 4.79 Å². The minimum atomic E-state index is -1.17. The number of unbranched alkanes of at least 4 members (excludes halogenated alkanes) is 1. The second kappa shape index (κ2) is 190. The van der Waals surface area contributed by atoms with Crippen molar-refractivity contribution >= 4 is 13.4 Å². The molecule has 0 spiro atoms. The molecule has 0 bridgehead atoms. The van der Waals surface area contributed by atoms with Crippen LogP contribution in [0.2, 0.25) is 6.82 Å². The zero-order chi connectivity index (χ0) is 35.7. The van der Waals surface area contributed by atoms with Crippen molar-refractivity contribution in [3.63, 3.8) is 0 Å². The zero-order valence-corrected chi connectivity index (χ0v) is 36.9.